The van der Waals surface area contributed by atoms with Crippen LogP contribution in [0.1, 0.15) is 75.0 Å². The van der Waals surface area contributed by atoms with Gasteiger partial charge in [-0.2, -0.15) is 0 Å². The molecule has 2 aromatic rings. The van der Waals surface area contributed by atoms with Gasteiger partial charge in [-0.25, -0.2) is 17.6 Å². The summed E-state index contributed by atoms with van der Waals surface area (Å²) >= 11 is 0. The molecule has 0 saturated heterocycles. The van der Waals surface area contributed by atoms with Gasteiger partial charge < -0.3 is 0 Å². The molecule has 1 aliphatic rings. The Morgan fingerprint density at radius 3 is 2.00 bits per heavy atom. The molecule has 0 amide bonds. The quantitative estimate of drug-likeness (QED) is 0.336. The molecule has 0 nitrogen and oxygen atoms in total. The summed E-state index contributed by atoms with van der Waals surface area (Å²) in [5.41, 5.74) is 0.447. The van der Waals surface area contributed by atoms with E-state index in [9.17, 15) is 17.6 Å². The molecule has 0 radical (unpaired) electrons. The second-order valence-electron chi connectivity index (χ2n) is 8.38. The summed E-state index contributed by atoms with van der Waals surface area (Å²) in [7, 11) is 0. The Bertz CT molecular complexity index is 891. The van der Waals surface area contributed by atoms with Crippen LogP contribution in [0.3, 0.4) is 0 Å². The van der Waals surface area contributed by atoms with Crippen molar-refractivity contribution in [1.29, 1.82) is 0 Å². The van der Waals surface area contributed by atoms with Gasteiger partial charge in [0.15, 0.2) is 11.6 Å². The molecule has 0 bridgehead atoms. The summed E-state index contributed by atoms with van der Waals surface area (Å²) in [5, 5.41) is 0. The molecule has 1 aliphatic carbocycles. The predicted molar refractivity (Wildman–Crippen MR) is 112 cm³/mol. The Morgan fingerprint density at radius 2 is 1.40 bits per heavy atom. The van der Waals surface area contributed by atoms with Gasteiger partial charge in [0.25, 0.3) is 0 Å². The molecule has 3 rings (SSSR count). The van der Waals surface area contributed by atoms with Crippen molar-refractivity contribution in [2.75, 3.05) is 0 Å². The second-order valence-corrected chi connectivity index (χ2v) is 8.38. The number of rotatable bonds is 6. The van der Waals surface area contributed by atoms with Crippen molar-refractivity contribution in [3.05, 3.63) is 70.3 Å². The van der Waals surface area contributed by atoms with Crippen LogP contribution in [0.5, 0.6) is 0 Å². The average molecular weight is 417 g/mol. The summed E-state index contributed by atoms with van der Waals surface area (Å²) in [4.78, 5) is 0. The van der Waals surface area contributed by atoms with Crippen LogP contribution in [-0.4, -0.2) is 0 Å². The van der Waals surface area contributed by atoms with Crippen molar-refractivity contribution >= 4 is 0 Å². The van der Waals surface area contributed by atoms with E-state index in [-0.39, 0.29) is 11.1 Å². The molecule has 0 heterocycles. The molecular formula is C26H28F4. The molecule has 0 aromatic heterocycles. The molecule has 0 N–H and O–H groups in total. The smallest absolute Gasteiger partial charge is 0.160 e. The highest BCUT2D eigenvalue weighted by Gasteiger charge is 2.21. The van der Waals surface area contributed by atoms with Gasteiger partial charge in [-0.15, -0.1) is 0 Å². The van der Waals surface area contributed by atoms with Crippen LogP contribution in [0.2, 0.25) is 0 Å². The van der Waals surface area contributed by atoms with Crippen LogP contribution < -0.4 is 0 Å². The van der Waals surface area contributed by atoms with Crippen LogP contribution in [0.4, 0.5) is 17.6 Å². The van der Waals surface area contributed by atoms with Crippen molar-refractivity contribution in [3.63, 3.8) is 0 Å². The van der Waals surface area contributed by atoms with Crippen molar-refractivity contribution in [2.24, 2.45) is 11.8 Å². The van der Waals surface area contributed by atoms with Crippen LogP contribution in [0.25, 0.3) is 0 Å². The zero-order valence-corrected chi connectivity index (χ0v) is 17.4. The maximum absolute atomic E-state index is 14.4. The van der Waals surface area contributed by atoms with E-state index >= 15 is 0 Å². The molecule has 0 atom stereocenters. The highest BCUT2D eigenvalue weighted by Crippen LogP contribution is 2.34. The topological polar surface area (TPSA) is 0 Å². The van der Waals surface area contributed by atoms with Gasteiger partial charge in [0, 0.05) is 5.56 Å². The lowest BCUT2D eigenvalue weighted by atomic mass is 9.78. The molecular weight excluding hydrogens is 388 g/mol. The van der Waals surface area contributed by atoms with Gasteiger partial charge >= 0.3 is 0 Å². The minimum absolute atomic E-state index is 0.159. The number of halogens is 4. The Balaban J connectivity index is 1.59. The fraction of sp³-hybridized carbons (Fsp3) is 0.462. The molecule has 0 spiro atoms. The van der Waals surface area contributed by atoms with E-state index in [0.717, 1.165) is 24.5 Å². The molecule has 0 unspecified atom stereocenters. The monoisotopic (exact) mass is 416 g/mol. The normalized spacial score (nSPS) is 18.7. The molecule has 1 saturated carbocycles. The molecule has 2 aromatic carbocycles. The fourth-order valence-electron chi connectivity index (χ4n) is 4.27. The number of unbranched alkanes of at least 4 members (excludes halogenated alkanes) is 1. The molecule has 0 aliphatic heterocycles. The van der Waals surface area contributed by atoms with E-state index in [1.54, 1.807) is 0 Å². The van der Waals surface area contributed by atoms with E-state index in [2.05, 4.69) is 18.8 Å². The first-order valence-corrected chi connectivity index (χ1v) is 10.9. The molecule has 30 heavy (non-hydrogen) atoms. The number of benzene rings is 2. The zero-order valence-electron chi connectivity index (χ0n) is 17.4. The van der Waals surface area contributed by atoms with Gasteiger partial charge in [-0.05, 0) is 60.6 Å². The minimum atomic E-state index is -1.04. The first kappa shape index (κ1) is 22.4. The fourth-order valence-corrected chi connectivity index (χ4v) is 4.27. The Kier molecular flexibility index (Phi) is 7.96. The summed E-state index contributed by atoms with van der Waals surface area (Å²) < 4.78 is 55.0. The lowest BCUT2D eigenvalue weighted by molar-refractivity contribution is 0.250. The maximum Gasteiger partial charge on any atom is 0.160 e. The standard InChI is InChI=1S/C26H28F4/c1-2-3-4-18-5-7-19(8-6-18)9-10-21-16-24(28)22(25(29)17-21)13-11-20-12-14-23(27)26(30)15-20/h12,14-19H,2-10H2,1H3. The van der Waals surface area contributed by atoms with Crippen molar-refractivity contribution in [3.8, 4) is 11.8 Å². The molecule has 160 valence electrons. The lowest BCUT2D eigenvalue weighted by Gasteiger charge is -2.28. The zero-order chi connectivity index (χ0) is 21.5. The number of aryl methyl sites for hydroxylation is 1. The lowest BCUT2D eigenvalue weighted by Crippen LogP contribution is -2.15. The third-order valence-corrected chi connectivity index (χ3v) is 6.13. The van der Waals surface area contributed by atoms with Gasteiger partial charge in [-0.1, -0.05) is 63.7 Å². The first-order chi connectivity index (χ1) is 14.5. The summed E-state index contributed by atoms with van der Waals surface area (Å²) in [6.45, 7) is 2.23. The third kappa shape index (κ3) is 6.11. The van der Waals surface area contributed by atoms with Crippen LogP contribution >= 0.6 is 0 Å². The highest BCUT2D eigenvalue weighted by atomic mass is 19.2. The van der Waals surface area contributed by atoms with Crippen molar-refractivity contribution in [2.45, 2.75) is 64.7 Å². The Labute approximate surface area is 176 Å². The average Bonchev–Trinajstić information content (AvgIpc) is 2.73. The van der Waals surface area contributed by atoms with Crippen molar-refractivity contribution in [1.82, 2.24) is 0 Å². The summed E-state index contributed by atoms with van der Waals surface area (Å²) in [6, 6.07) is 5.79. The van der Waals surface area contributed by atoms with Gasteiger partial charge in [0.1, 0.15) is 11.6 Å². The number of hydrogen-bond acceptors (Lipinski definition) is 0. The van der Waals surface area contributed by atoms with Gasteiger partial charge in [0.05, 0.1) is 5.56 Å². The first-order valence-electron chi connectivity index (χ1n) is 10.9. The Morgan fingerprint density at radius 1 is 0.767 bits per heavy atom. The Hall–Kier alpha value is -2.28. The van der Waals surface area contributed by atoms with Crippen LogP contribution in [0.15, 0.2) is 30.3 Å². The maximum atomic E-state index is 14.4. The second kappa shape index (κ2) is 10.7. The van der Waals surface area contributed by atoms with Crippen LogP contribution in [0, 0.1) is 46.9 Å². The van der Waals surface area contributed by atoms with E-state index in [0.29, 0.717) is 17.9 Å². The van der Waals surface area contributed by atoms with Gasteiger partial charge in [0.2, 0.25) is 0 Å². The molecule has 4 heteroatoms. The van der Waals surface area contributed by atoms with Crippen molar-refractivity contribution < 1.29 is 17.6 Å². The third-order valence-electron chi connectivity index (χ3n) is 6.13. The largest absolute Gasteiger partial charge is 0.206 e. The SMILES string of the molecule is CCCCC1CCC(CCc2cc(F)c(C#Cc3ccc(F)c(F)c3)c(F)c2)CC1. The minimum Gasteiger partial charge on any atom is -0.206 e. The van der Waals surface area contributed by atoms with E-state index < -0.39 is 23.3 Å². The molecule has 1 fully saturated rings. The van der Waals surface area contributed by atoms with E-state index in [1.165, 1.54) is 63.1 Å². The van der Waals surface area contributed by atoms with Gasteiger partial charge in [-0.3, -0.25) is 0 Å². The summed E-state index contributed by atoms with van der Waals surface area (Å²) in [5.74, 6) is 2.91. The predicted octanol–water partition coefficient (Wildman–Crippen LogP) is 7.57. The highest BCUT2D eigenvalue weighted by molar-refractivity contribution is 5.45. The van der Waals surface area contributed by atoms with Crippen LogP contribution in [-0.2, 0) is 6.42 Å². The summed E-state index contributed by atoms with van der Waals surface area (Å²) in [6.07, 6.45) is 10.4. The van der Waals surface area contributed by atoms with E-state index in [1.807, 2.05) is 0 Å². The number of hydrogen-bond donors (Lipinski definition) is 0. The van der Waals surface area contributed by atoms with E-state index in [4.69, 9.17) is 0 Å².